The van der Waals surface area contributed by atoms with Gasteiger partial charge in [-0.05, 0) is 32.1 Å². The van der Waals surface area contributed by atoms with Crippen LogP contribution in [0.1, 0.15) is 96.8 Å². The summed E-state index contributed by atoms with van der Waals surface area (Å²) in [6, 6.07) is 0. The number of nitrogens with zero attached hydrogens (tertiary/aromatic N) is 1. The maximum atomic E-state index is 12.3. The van der Waals surface area contributed by atoms with Gasteiger partial charge in [-0.25, -0.2) is 0 Å². The lowest BCUT2D eigenvalue weighted by Crippen LogP contribution is -2.38. The fourth-order valence-electron chi connectivity index (χ4n) is 3.43. The van der Waals surface area contributed by atoms with Crippen molar-refractivity contribution in [2.24, 2.45) is 0 Å². The summed E-state index contributed by atoms with van der Waals surface area (Å²) in [5, 5.41) is 0. The van der Waals surface area contributed by atoms with E-state index >= 15 is 0 Å². The minimum absolute atomic E-state index is 0.0255. The van der Waals surface area contributed by atoms with Crippen molar-refractivity contribution in [3.63, 3.8) is 0 Å². The van der Waals surface area contributed by atoms with Crippen molar-refractivity contribution in [2.75, 3.05) is 54.6 Å². The predicted molar refractivity (Wildman–Crippen MR) is 152 cm³/mol. The number of ether oxygens (including phenoxy) is 2. The van der Waals surface area contributed by atoms with Crippen LogP contribution in [0.25, 0.3) is 0 Å². The molecule has 9 heteroatoms. The second kappa shape index (κ2) is 22.7. The molecule has 0 N–H and O–H groups in total. The standard InChI is InChI=1S/C27H54NO6PS/c1-6-7-8-9-10-11-12-13-14-15-16-17-18-19-20-21-27(29)32-24-26(31-5)25-34-35(30,36)33-23-22-28(2,3)4/h13-14,26H,6-12,15-25H2,1-5H3/p+1/b14-13-/t26-,35?/m1/s1. The van der Waals surface area contributed by atoms with E-state index in [1.165, 1.54) is 64.9 Å². The zero-order valence-corrected chi connectivity index (χ0v) is 25.5. The highest BCUT2D eigenvalue weighted by Crippen LogP contribution is 2.57. The minimum atomic E-state index is -3.48. The molecule has 0 aromatic rings. The Bertz CT molecular complexity index is 557. The molecule has 0 spiro atoms. The molecule has 0 heterocycles. The Balaban J connectivity index is 3.71. The highest BCUT2D eigenvalue weighted by atomic mass is 32.7. The van der Waals surface area contributed by atoms with E-state index in [4.69, 9.17) is 18.5 Å². The van der Waals surface area contributed by atoms with E-state index in [9.17, 15) is 9.69 Å². The molecular weight excluding hydrogens is 497 g/mol. The van der Waals surface area contributed by atoms with Crippen LogP contribution in [0.3, 0.4) is 0 Å². The van der Waals surface area contributed by atoms with Crippen LogP contribution in [0, 0.1) is 0 Å². The zero-order chi connectivity index (χ0) is 27.1. The van der Waals surface area contributed by atoms with E-state index in [0.717, 1.165) is 25.7 Å². The molecule has 0 rings (SSSR count). The molecule has 0 bridgehead atoms. The van der Waals surface area contributed by atoms with Crippen molar-refractivity contribution in [3.05, 3.63) is 12.2 Å². The topological polar surface area (TPSA) is 77.1 Å². The lowest BCUT2D eigenvalue weighted by molar-refractivity contribution is -0.870. The number of allylic oxidation sites excluding steroid dienone is 2. The van der Waals surface area contributed by atoms with Gasteiger partial charge in [0.1, 0.15) is 32.5 Å². The Morgan fingerprint density at radius 1 is 0.889 bits per heavy atom. The highest BCUT2D eigenvalue weighted by molar-refractivity contribution is 8.46. The van der Waals surface area contributed by atoms with E-state index in [2.05, 4.69) is 31.3 Å². The summed E-state index contributed by atoms with van der Waals surface area (Å²) in [7, 11) is 4.06. The Morgan fingerprint density at radius 2 is 1.44 bits per heavy atom. The first-order valence-corrected chi connectivity index (χ1v) is 16.5. The van der Waals surface area contributed by atoms with Crippen LogP contribution in [0.15, 0.2) is 12.2 Å². The highest BCUT2D eigenvalue weighted by Gasteiger charge is 2.28. The van der Waals surface area contributed by atoms with Crippen molar-refractivity contribution in [3.8, 4) is 0 Å². The Kier molecular flexibility index (Phi) is 22.6. The summed E-state index contributed by atoms with van der Waals surface area (Å²) in [6.07, 6.45) is 20.4. The van der Waals surface area contributed by atoms with Gasteiger partial charge in [0.25, 0.3) is 7.15 Å². The van der Waals surface area contributed by atoms with Crippen molar-refractivity contribution in [2.45, 2.75) is 103 Å². The van der Waals surface area contributed by atoms with Crippen LogP contribution in [0.4, 0.5) is 0 Å². The van der Waals surface area contributed by atoms with Gasteiger partial charge >= 0.3 is 5.97 Å². The Morgan fingerprint density at radius 3 is 2.00 bits per heavy atom. The molecule has 0 saturated carbocycles. The number of hydrogen-bond acceptors (Lipinski definition) is 7. The van der Waals surface area contributed by atoms with Crippen LogP contribution in [0.5, 0.6) is 0 Å². The molecule has 0 aromatic heterocycles. The molecule has 7 nitrogen and oxygen atoms in total. The maximum Gasteiger partial charge on any atom is 0.305 e. The molecule has 0 fully saturated rings. The van der Waals surface area contributed by atoms with Crippen LogP contribution in [-0.2, 0) is 23.3 Å². The lowest BCUT2D eigenvalue weighted by Gasteiger charge is -2.26. The first-order valence-electron chi connectivity index (χ1n) is 13.9. The summed E-state index contributed by atoms with van der Waals surface area (Å²) in [5.41, 5.74) is 0. The van der Waals surface area contributed by atoms with Gasteiger partial charge in [0.15, 0.2) is 0 Å². The molecule has 0 amide bonds. The van der Waals surface area contributed by atoms with E-state index in [1.807, 2.05) is 21.1 Å². The Hall–Kier alpha value is -0.210. The largest absolute Gasteiger partial charge is 0.622 e. The third kappa shape index (κ3) is 25.4. The number of quaternary nitrogens is 1. The van der Waals surface area contributed by atoms with Gasteiger partial charge in [-0.15, -0.1) is 0 Å². The number of thiol groups is 1. The van der Waals surface area contributed by atoms with Crippen LogP contribution >= 0.6 is 19.4 Å². The number of esters is 1. The SMILES string of the molecule is CCCCCCCC/C=C\CCCCCCCC(=O)OC[C@H](CO[P+]([O-])(S)OCC[N+](C)(C)C)OC. The number of carbonyl (C=O) groups excluding carboxylic acids is 1. The van der Waals surface area contributed by atoms with Crippen LogP contribution in [-0.4, -0.2) is 71.2 Å². The maximum absolute atomic E-state index is 12.3. The second-order valence-electron chi connectivity index (χ2n) is 10.5. The van der Waals surface area contributed by atoms with Gasteiger partial charge in [-0.2, -0.15) is 9.05 Å². The summed E-state index contributed by atoms with van der Waals surface area (Å²) < 4.78 is 21.8. The summed E-state index contributed by atoms with van der Waals surface area (Å²) in [6.45, 7) is 3.23. The van der Waals surface area contributed by atoms with Gasteiger partial charge in [-0.3, -0.25) is 4.79 Å². The number of unbranched alkanes of at least 4 members (excludes halogenated alkanes) is 11. The van der Waals surface area contributed by atoms with E-state index in [0.29, 0.717) is 17.4 Å². The van der Waals surface area contributed by atoms with Crippen LogP contribution < -0.4 is 4.89 Å². The van der Waals surface area contributed by atoms with Gasteiger partial charge in [0.2, 0.25) is 0 Å². The van der Waals surface area contributed by atoms with Gasteiger partial charge in [0.05, 0.1) is 33.4 Å². The van der Waals surface area contributed by atoms with Crippen molar-refractivity contribution < 1.29 is 32.7 Å². The normalized spacial score (nSPS) is 14.8. The molecule has 0 aliphatic heterocycles. The van der Waals surface area contributed by atoms with Crippen molar-refractivity contribution in [1.29, 1.82) is 0 Å². The molecular formula is C27H55NO6PS+. The number of carbonyl (C=O) groups is 1. The summed E-state index contributed by atoms with van der Waals surface area (Å²) in [5.74, 6) is -0.247. The first-order chi connectivity index (χ1) is 17.1. The molecule has 2 atom stereocenters. The third-order valence-electron chi connectivity index (χ3n) is 5.85. The summed E-state index contributed by atoms with van der Waals surface area (Å²) >= 11 is 3.99. The monoisotopic (exact) mass is 552 g/mol. The smallest absolute Gasteiger partial charge is 0.305 e. The molecule has 0 aliphatic carbocycles. The number of rotatable bonds is 25. The van der Waals surface area contributed by atoms with Crippen LogP contribution in [0.2, 0.25) is 0 Å². The van der Waals surface area contributed by atoms with Gasteiger partial charge < -0.3 is 18.9 Å². The van der Waals surface area contributed by atoms with Gasteiger partial charge in [-0.1, -0.05) is 70.4 Å². The number of methoxy groups -OCH3 is 1. The number of likely N-dealkylation sites (N-methyl/N-ethyl adjacent to an activating group) is 1. The van der Waals surface area contributed by atoms with Crippen molar-refractivity contribution in [1.82, 2.24) is 0 Å². The zero-order valence-electron chi connectivity index (χ0n) is 23.8. The lowest BCUT2D eigenvalue weighted by atomic mass is 10.1. The molecule has 0 aromatic carbocycles. The first kappa shape index (κ1) is 35.8. The molecule has 0 saturated heterocycles. The molecule has 0 radical (unpaired) electrons. The van der Waals surface area contributed by atoms with E-state index < -0.39 is 13.2 Å². The quantitative estimate of drug-likeness (QED) is 0.0358. The molecule has 36 heavy (non-hydrogen) atoms. The average Bonchev–Trinajstić information content (AvgIpc) is 2.80. The molecule has 1 unspecified atom stereocenters. The summed E-state index contributed by atoms with van der Waals surface area (Å²) in [4.78, 5) is 24.3. The molecule has 0 aliphatic rings. The minimum Gasteiger partial charge on any atom is -0.622 e. The third-order valence-corrected chi connectivity index (χ3v) is 7.52. The average molecular weight is 553 g/mol. The Labute approximate surface area is 227 Å². The molecule has 214 valence electrons. The van der Waals surface area contributed by atoms with Gasteiger partial charge in [0, 0.05) is 13.5 Å². The van der Waals surface area contributed by atoms with E-state index in [1.54, 1.807) is 0 Å². The van der Waals surface area contributed by atoms with Crippen molar-refractivity contribution >= 4 is 25.4 Å². The predicted octanol–water partition coefficient (Wildman–Crippen LogP) is 6.29. The fourth-order valence-corrected chi connectivity index (χ4v) is 4.61. The van der Waals surface area contributed by atoms with E-state index in [-0.39, 0.29) is 25.8 Å². The second-order valence-corrected chi connectivity index (χ2v) is 13.4. The fraction of sp³-hybridized carbons (Fsp3) is 0.889. The number of hydrogen-bond donors (Lipinski definition) is 1.